The number of para-hydroxylation sites is 1. The molecule has 0 spiro atoms. The van der Waals surface area contributed by atoms with E-state index in [0.717, 1.165) is 5.56 Å². The maximum atomic E-state index is 12.3. The molecular weight excluding hydrogens is 260 g/mol. The smallest absolute Gasteiger partial charge is 0.196 e. The van der Waals surface area contributed by atoms with Gasteiger partial charge in [0.25, 0.3) is 0 Å². The van der Waals surface area contributed by atoms with Crippen molar-refractivity contribution in [2.24, 2.45) is 0 Å². The van der Waals surface area contributed by atoms with Crippen molar-refractivity contribution in [2.45, 2.75) is 6.92 Å². The maximum absolute atomic E-state index is 12.3. The van der Waals surface area contributed by atoms with Crippen LogP contribution in [0.25, 0.3) is 22.3 Å². The van der Waals surface area contributed by atoms with E-state index in [0.29, 0.717) is 27.3 Å². The van der Waals surface area contributed by atoms with E-state index in [2.05, 4.69) is 0 Å². The van der Waals surface area contributed by atoms with E-state index in [1.165, 1.54) is 0 Å². The summed E-state index contributed by atoms with van der Waals surface area (Å²) in [6, 6.07) is 14.6. The Hall–Kier alpha value is -2.06. The van der Waals surface area contributed by atoms with Crippen LogP contribution in [0.2, 0.25) is 5.02 Å². The van der Waals surface area contributed by atoms with Crippen molar-refractivity contribution in [2.75, 3.05) is 0 Å². The van der Waals surface area contributed by atoms with Gasteiger partial charge < -0.3 is 4.42 Å². The Morgan fingerprint density at radius 1 is 1.00 bits per heavy atom. The van der Waals surface area contributed by atoms with Crippen LogP contribution in [-0.4, -0.2) is 0 Å². The minimum atomic E-state index is -0.0169. The average Bonchev–Trinajstić information content (AvgIpc) is 2.44. The molecule has 0 amide bonds. The van der Waals surface area contributed by atoms with Crippen molar-refractivity contribution < 1.29 is 4.42 Å². The average molecular weight is 271 g/mol. The molecule has 0 aliphatic heterocycles. The number of rotatable bonds is 1. The van der Waals surface area contributed by atoms with Gasteiger partial charge in [-0.05, 0) is 31.2 Å². The van der Waals surface area contributed by atoms with Gasteiger partial charge in [0.2, 0.25) is 0 Å². The second-order valence-electron chi connectivity index (χ2n) is 4.36. The molecule has 0 aliphatic rings. The normalized spacial score (nSPS) is 10.8. The van der Waals surface area contributed by atoms with E-state index >= 15 is 0 Å². The molecule has 0 atom stereocenters. The Kier molecular flexibility index (Phi) is 2.88. The van der Waals surface area contributed by atoms with E-state index in [-0.39, 0.29) is 5.43 Å². The van der Waals surface area contributed by atoms with Crippen molar-refractivity contribution in [1.29, 1.82) is 0 Å². The van der Waals surface area contributed by atoms with Gasteiger partial charge in [0.1, 0.15) is 11.3 Å². The van der Waals surface area contributed by atoms with E-state index in [1.54, 1.807) is 25.1 Å². The SMILES string of the molecule is Cc1c(-c2ccccc2Cl)oc2ccccc2c1=O. The lowest BCUT2D eigenvalue weighted by Gasteiger charge is -2.08. The zero-order chi connectivity index (χ0) is 13.4. The Bertz CT molecular complexity index is 818. The topological polar surface area (TPSA) is 30.2 Å². The van der Waals surface area contributed by atoms with Crippen LogP contribution in [0.1, 0.15) is 5.56 Å². The summed E-state index contributed by atoms with van der Waals surface area (Å²) in [5.41, 5.74) is 1.88. The molecule has 0 N–H and O–H groups in total. The van der Waals surface area contributed by atoms with Gasteiger partial charge in [-0.25, -0.2) is 0 Å². The quantitative estimate of drug-likeness (QED) is 0.655. The monoisotopic (exact) mass is 270 g/mol. The van der Waals surface area contributed by atoms with Crippen molar-refractivity contribution in [3.05, 3.63) is 69.3 Å². The molecule has 3 heteroatoms. The maximum Gasteiger partial charge on any atom is 0.196 e. The molecule has 1 heterocycles. The Morgan fingerprint density at radius 3 is 2.47 bits per heavy atom. The highest BCUT2D eigenvalue weighted by atomic mass is 35.5. The first-order chi connectivity index (χ1) is 9.18. The van der Waals surface area contributed by atoms with E-state index in [4.69, 9.17) is 16.0 Å². The summed E-state index contributed by atoms with van der Waals surface area (Å²) in [6.45, 7) is 1.76. The van der Waals surface area contributed by atoms with Gasteiger partial charge in [0, 0.05) is 11.1 Å². The second kappa shape index (κ2) is 4.56. The van der Waals surface area contributed by atoms with Gasteiger partial charge in [-0.3, -0.25) is 4.79 Å². The van der Waals surface area contributed by atoms with E-state index in [1.807, 2.05) is 30.3 Å². The third kappa shape index (κ3) is 1.94. The predicted octanol–water partition coefficient (Wildman–Crippen LogP) is 4.42. The first-order valence-corrected chi connectivity index (χ1v) is 6.33. The van der Waals surface area contributed by atoms with E-state index < -0.39 is 0 Å². The molecule has 0 aliphatic carbocycles. The summed E-state index contributed by atoms with van der Waals surface area (Å²) in [5.74, 6) is 0.536. The third-order valence-corrected chi connectivity index (χ3v) is 3.47. The largest absolute Gasteiger partial charge is 0.455 e. The molecule has 0 bridgehead atoms. The highest BCUT2D eigenvalue weighted by molar-refractivity contribution is 6.33. The predicted molar refractivity (Wildman–Crippen MR) is 77.7 cm³/mol. The summed E-state index contributed by atoms with van der Waals surface area (Å²) < 4.78 is 5.86. The highest BCUT2D eigenvalue weighted by Crippen LogP contribution is 2.30. The molecule has 0 radical (unpaired) electrons. The summed E-state index contributed by atoms with van der Waals surface area (Å²) in [7, 11) is 0. The Morgan fingerprint density at radius 2 is 1.68 bits per heavy atom. The molecule has 3 aromatic rings. The van der Waals surface area contributed by atoms with Crippen LogP contribution in [0, 0.1) is 6.92 Å². The number of hydrogen-bond donors (Lipinski definition) is 0. The minimum Gasteiger partial charge on any atom is -0.455 e. The molecule has 0 fully saturated rings. The lowest BCUT2D eigenvalue weighted by molar-refractivity contribution is 0.614. The standard InChI is InChI=1S/C16H11ClO2/c1-10-15(18)12-7-3-5-9-14(12)19-16(10)11-6-2-4-8-13(11)17/h2-9H,1H3. The summed E-state index contributed by atoms with van der Waals surface area (Å²) in [4.78, 5) is 12.3. The summed E-state index contributed by atoms with van der Waals surface area (Å²) >= 11 is 6.17. The molecule has 94 valence electrons. The summed E-state index contributed by atoms with van der Waals surface area (Å²) in [5, 5.41) is 1.17. The van der Waals surface area contributed by atoms with Crippen molar-refractivity contribution in [3.63, 3.8) is 0 Å². The first-order valence-electron chi connectivity index (χ1n) is 5.96. The van der Waals surface area contributed by atoms with Crippen LogP contribution in [-0.2, 0) is 0 Å². The summed E-state index contributed by atoms with van der Waals surface area (Å²) in [6.07, 6.45) is 0. The zero-order valence-corrected chi connectivity index (χ0v) is 11.1. The molecule has 0 unspecified atom stereocenters. The fraction of sp³-hybridized carbons (Fsp3) is 0.0625. The molecule has 19 heavy (non-hydrogen) atoms. The number of hydrogen-bond acceptors (Lipinski definition) is 2. The van der Waals surface area contributed by atoms with Gasteiger partial charge in [-0.15, -0.1) is 0 Å². The minimum absolute atomic E-state index is 0.0169. The number of benzene rings is 2. The molecule has 1 aromatic heterocycles. The number of fused-ring (bicyclic) bond motifs is 1. The van der Waals surface area contributed by atoms with Crippen LogP contribution in [0.4, 0.5) is 0 Å². The molecule has 0 saturated carbocycles. The van der Waals surface area contributed by atoms with Crippen molar-refractivity contribution >= 4 is 22.6 Å². The van der Waals surface area contributed by atoms with Crippen LogP contribution >= 0.6 is 11.6 Å². The highest BCUT2D eigenvalue weighted by Gasteiger charge is 2.14. The molecule has 3 rings (SSSR count). The third-order valence-electron chi connectivity index (χ3n) is 3.14. The first kappa shape index (κ1) is 12.0. The zero-order valence-electron chi connectivity index (χ0n) is 10.3. The van der Waals surface area contributed by atoms with Crippen LogP contribution in [0.5, 0.6) is 0 Å². The van der Waals surface area contributed by atoms with Gasteiger partial charge in [0.15, 0.2) is 5.43 Å². The van der Waals surface area contributed by atoms with Crippen molar-refractivity contribution in [3.8, 4) is 11.3 Å². The van der Waals surface area contributed by atoms with Gasteiger partial charge in [-0.2, -0.15) is 0 Å². The fourth-order valence-corrected chi connectivity index (χ4v) is 2.36. The van der Waals surface area contributed by atoms with Crippen LogP contribution < -0.4 is 5.43 Å². The lowest BCUT2D eigenvalue weighted by Crippen LogP contribution is -2.07. The van der Waals surface area contributed by atoms with Gasteiger partial charge >= 0.3 is 0 Å². The molecule has 2 nitrogen and oxygen atoms in total. The number of halogens is 1. The van der Waals surface area contributed by atoms with Crippen LogP contribution in [0.3, 0.4) is 0 Å². The second-order valence-corrected chi connectivity index (χ2v) is 4.77. The fourth-order valence-electron chi connectivity index (χ4n) is 2.14. The molecule has 2 aromatic carbocycles. The Labute approximate surface area is 115 Å². The lowest BCUT2D eigenvalue weighted by atomic mass is 10.1. The van der Waals surface area contributed by atoms with Crippen LogP contribution in [0.15, 0.2) is 57.7 Å². The van der Waals surface area contributed by atoms with Gasteiger partial charge in [0.05, 0.1) is 10.4 Å². The molecule has 0 saturated heterocycles. The van der Waals surface area contributed by atoms with Crippen molar-refractivity contribution in [1.82, 2.24) is 0 Å². The molecular formula is C16H11ClO2. The van der Waals surface area contributed by atoms with E-state index in [9.17, 15) is 4.79 Å². The van der Waals surface area contributed by atoms with Gasteiger partial charge in [-0.1, -0.05) is 35.9 Å². The Balaban J connectivity index is 2.40.